The Kier molecular flexibility index (Phi) is 4.98. The van der Waals surface area contributed by atoms with Crippen LogP contribution in [0.3, 0.4) is 0 Å². The van der Waals surface area contributed by atoms with Crippen LogP contribution in [0.2, 0.25) is 0 Å². The number of nitrogens with one attached hydrogen (secondary N) is 1. The molecule has 3 aromatic rings. The fourth-order valence-corrected chi connectivity index (χ4v) is 3.71. The molecule has 1 fully saturated rings. The molecule has 1 atom stereocenters. The summed E-state index contributed by atoms with van der Waals surface area (Å²) in [6, 6.07) is 6.91. The lowest BCUT2D eigenvalue weighted by Gasteiger charge is -2.23. The minimum Gasteiger partial charge on any atom is -0.366 e. The molecular weight excluding hydrogens is 345 g/mol. The molecule has 0 saturated carbocycles. The molecule has 1 aliphatic rings. The second kappa shape index (κ2) is 7.56. The molecule has 1 unspecified atom stereocenters. The number of aryl methyl sites for hydroxylation is 1. The van der Waals surface area contributed by atoms with E-state index in [9.17, 15) is 4.39 Å². The summed E-state index contributed by atoms with van der Waals surface area (Å²) < 4.78 is 14.9. The van der Waals surface area contributed by atoms with Crippen molar-refractivity contribution in [2.45, 2.75) is 39.3 Å². The second-order valence-corrected chi connectivity index (χ2v) is 6.97. The monoisotopic (exact) mass is 369 g/mol. The zero-order chi connectivity index (χ0) is 18.8. The molecule has 0 spiro atoms. The fourth-order valence-electron chi connectivity index (χ4n) is 3.71. The van der Waals surface area contributed by atoms with Crippen LogP contribution in [-0.4, -0.2) is 55.5 Å². The molecule has 8 heteroatoms. The van der Waals surface area contributed by atoms with Crippen LogP contribution in [0.4, 0.5) is 10.2 Å². The first-order valence-corrected chi connectivity index (χ1v) is 9.44. The average molecular weight is 369 g/mol. The lowest BCUT2D eigenvalue weighted by molar-refractivity contribution is 0.277. The molecule has 2 aromatic heterocycles. The third kappa shape index (κ3) is 3.75. The van der Waals surface area contributed by atoms with Crippen LogP contribution in [0.1, 0.15) is 31.2 Å². The molecule has 1 aromatic carbocycles. The fraction of sp³-hybridized carbons (Fsp3) is 0.474. The van der Waals surface area contributed by atoms with Crippen LogP contribution in [0.25, 0.3) is 11.2 Å². The van der Waals surface area contributed by atoms with Crippen LogP contribution >= 0.6 is 0 Å². The lowest BCUT2D eigenvalue weighted by Crippen LogP contribution is -2.34. The van der Waals surface area contributed by atoms with Crippen LogP contribution in [-0.2, 0) is 6.54 Å². The Morgan fingerprint density at radius 2 is 2.04 bits per heavy atom. The third-order valence-corrected chi connectivity index (χ3v) is 5.13. The first kappa shape index (κ1) is 17.8. The van der Waals surface area contributed by atoms with Crippen molar-refractivity contribution in [3.8, 4) is 0 Å². The summed E-state index contributed by atoms with van der Waals surface area (Å²) >= 11 is 0. The molecule has 0 radical (unpaired) electrons. The lowest BCUT2D eigenvalue weighted by atomic mass is 10.2. The van der Waals surface area contributed by atoms with Crippen molar-refractivity contribution in [3.05, 3.63) is 41.5 Å². The Bertz CT molecular complexity index is 922. The van der Waals surface area contributed by atoms with E-state index < -0.39 is 0 Å². The highest BCUT2D eigenvalue weighted by atomic mass is 19.1. The quantitative estimate of drug-likeness (QED) is 0.720. The van der Waals surface area contributed by atoms with Crippen molar-refractivity contribution < 1.29 is 4.39 Å². The van der Waals surface area contributed by atoms with E-state index in [1.165, 1.54) is 25.0 Å². The van der Waals surface area contributed by atoms with Crippen molar-refractivity contribution in [2.24, 2.45) is 0 Å². The Labute approximate surface area is 157 Å². The molecule has 0 aliphatic carbocycles. The SMILES string of the molecule is CCN1CCCC1CNc1nc(C)nc2c1nnn2Cc1ccc(F)cc1. The predicted octanol–water partition coefficient (Wildman–Crippen LogP) is 2.61. The van der Waals surface area contributed by atoms with Gasteiger partial charge in [0, 0.05) is 12.6 Å². The first-order valence-electron chi connectivity index (χ1n) is 9.44. The van der Waals surface area contributed by atoms with E-state index in [0.717, 1.165) is 31.0 Å². The molecule has 142 valence electrons. The zero-order valence-electron chi connectivity index (χ0n) is 15.7. The van der Waals surface area contributed by atoms with Gasteiger partial charge in [-0.15, -0.1) is 5.10 Å². The Morgan fingerprint density at radius 1 is 1.22 bits per heavy atom. The molecule has 7 nitrogen and oxygen atoms in total. The van der Waals surface area contributed by atoms with Crippen molar-refractivity contribution in [3.63, 3.8) is 0 Å². The van der Waals surface area contributed by atoms with Gasteiger partial charge in [-0.1, -0.05) is 24.3 Å². The predicted molar refractivity (Wildman–Crippen MR) is 102 cm³/mol. The molecule has 3 heterocycles. The number of hydrogen-bond acceptors (Lipinski definition) is 6. The highest BCUT2D eigenvalue weighted by Gasteiger charge is 2.23. The summed E-state index contributed by atoms with van der Waals surface area (Å²) in [6.07, 6.45) is 2.44. The number of rotatable bonds is 6. The van der Waals surface area contributed by atoms with Gasteiger partial charge in [-0.05, 0) is 50.6 Å². The average Bonchev–Trinajstić information content (AvgIpc) is 3.28. The number of fused-ring (bicyclic) bond motifs is 1. The summed E-state index contributed by atoms with van der Waals surface area (Å²) in [7, 11) is 0. The molecular formula is C19H24FN7. The van der Waals surface area contributed by atoms with Gasteiger partial charge in [-0.3, -0.25) is 4.90 Å². The third-order valence-electron chi connectivity index (χ3n) is 5.13. The second-order valence-electron chi connectivity index (χ2n) is 6.97. The van der Waals surface area contributed by atoms with Crippen molar-refractivity contribution in [2.75, 3.05) is 25.0 Å². The summed E-state index contributed by atoms with van der Waals surface area (Å²) in [4.78, 5) is 11.6. The van der Waals surface area contributed by atoms with Gasteiger partial charge in [-0.25, -0.2) is 19.0 Å². The van der Waals surface area contributed by atoms with Crippen molar-refractivity contribution in [1.29, 1.82) is 0 Å². The van der Waals surface area contributed by atoms with E-state index in [1.807, 2.05) is 6.92 Å². The Morgan fingerprint density at radius 3 is 2.81 bits per heavy atom. The van der Waals surface area contributed by atoms with Gasteiger partial charge in [0.05, 0.1) is 6.54 Å². The number of halogens is 1. The number of nitrogens with zero attached hydrogens (tertiary/aromatic N) is 6. The standard InChI is InChI=1S/C19H24FN7/c1-3-26-10-4-5-16(26)11-21-18-17-19(23-13(2)22-18)27(25-24-17)12-14-6-8-15(20)9-7-14/h6-9,16H,3-5,10-12H2,1-2H3,(H,21,22,23). The number of aromatic nitrogens is 5. The summed E-state index contributed by atoms with van der Waals surface area (Å²) in [5.41, 5.74) is 2.30. The smallest absolute Gasteiger partial charge is 0.184 e. The van der Waals surface area contributed by atoms with Gasteiger partial charge in [0.1, 0.15) is 11.6 Å². The number of benzene rings is 1. The van der Waals surface area contributed by atoms with Gasteiger partial charge in [-0.2, -0.15) is 0 Å². The zero-order valence-corrected chi connectivity index (χ0v) is 15.7. The summed E-state index contributed by atoms with van der Waals surface area (Å²) in [5.74, 6) is 1.15. The molecule has 1 aliphatic heterocycles. The van der Waals surface area contributed by atoms with E-state index in [2.05, 4.69) is 37.4 Å². The molecule has 0 bridgehead atoms. The van der Waals surface area contributed by atoms with E-state index in [1.54, 1.807) is 16.8 Å². The van der Waals surface area contributed by atoms with E-state index in [-0.39, 0.29) is 5.82 Å². The number of hydrogen-bond donors (Lipinski definition) is 1. The van der Waals surface area contributed by atoms with Crippen LogP contribution in [0.15, 0.2) is 24.3 Å². The maximum absolute atomic E-state index is 13.1. The largest absolute Gasteiger partial charge is 0.366 e. The minimum atomic E-state index is -0.250. The van der Waals surface area contributed by atoms with Crippen molar-refractivity contribution in [1.82, 2.24) is 29.9 Å². The number of anilines is 1. The number of likely N-dealkylation sites (tertiary alicyclic amines) is 1. The Hall–Kier alpha value is -2.61. The Balaban J connectivity index is 1.57. The molecule has 1 saturated heterocycles. The molecule has 1 N–H and O–H groups in total. The highest BCUT2D eigenvalue weighted by Crippen LogP contribution is 2.21. The molecule has 4 rings (SSSR count). The normalized spacial score (nSPS) is 17.7. The van der Waals surface area contributed by atoms with Crippen molar-refractivity contribution >= 4 is 17.0 Å². The maximum Gasteiger partial charge on any atom is 0.184 e. The van der Waals surface area contributed by atoms with E-state index >= 15 is 0 Å². The van der Waals surface area contributed by atoms with Crippen LogP contribution in [0, 0.1) is 12.7 Å². The van der Waals surface area contributed by atoms with Crippen LogP contribution in [0.5, 0.6) is 0 Å². The van der Waals surface area contributed by atoms with Gasteiger partial charge in [0.15, 0.2) is 17.0 Å². The van der Waals surface area contributed by atoms with E-state index in [4.69, 9.17) is 0 Å². The first-order chi connectivity index (χ1) is 13.1. The highest BCUT2D eigenvalue weighted by molar-refractivity contribution is 5.82. The van der Waals surface area contributed by atoms with Gasteiger partial charge in [0.25, 0.3) is 0 Å². The topological polar surface area (TPSA) is 71.8 Å². The summed E-state index contributed by atoms with van der Waals surface area (Å²) in [6.45, 7) is 7.62. The van der Waals surface area contributed by atoms with Crippen LogP contribution < -0.4 is 5.32 Å². The molecule has 27 heavy (non-hydrogen) atoms. The van der Waals surface area contributed by atoms with Gasteiger partial charge in [0.2, 0.25) is 0 Å². The summed E-state index contributed by atoms with van der Waals surface area (Å²) in [5, 5.41) is 12.0. The van der Waals surface area contributed by atoms with E-state index in [0.29, 0.717) is 29.6 Å². The maximum atomic E-state index is 13.1. The minimum absolute atomic E-state index is 0.250. The van der Waals surface area contributed by atoms with Gasteiger partial charge >= 0.3 is 0 Å². The van der Waals surface area contributed by atoms with Gasteiger partial charge < -0.3 is 5.32 Å². The molecule has 0 amide bonds. The number of likely N-dealkylation sites (N-methyl/N-ethyl adjacent to an activating group) is 1.